The van der Waals surface area contributed by atoms with Gasteiger partial charge in [-0.15, -0.1) is 0 Å². The van der Waals surface area contributed by atoms with Gasteiger partial charge in [-0.05, 0) is 43.6 Å². The molecular formula is C15H32N2O2S. The SMILES string of the molecule is CCNC(CCC1CCCN(S(C)(=O)=O)C1)C(C)(C)C. The Labute approximate surface area is 125 Å². The number of nitrogens with one attached hydrogen (secondary N) is 1. The van der Waals surface area contributed by atoms with E-state index in [1.54, 1.807) is 4.31 Å². The topological polar surface area (TPSA) is 49.4 Å². The number of nitrogens with zero attached hydrogens (tertiary/aromatic N) is 1. The van der Waals surface area contributed by atoms with Gasteiger partial charge in [-0.1, -0.05) is 27.7 Å². The normalized spacial score (nSPS) is 23.8. The molecule has 0 aromatic heterocycles. The highest BCUT2D eigenvalue weighted by molar-refractivity contribution is 7.88. The molecule has 0 saturated carbocycles. The molecule has 1 aliphatic heterocycles. The van der Waals surface area contributed by atoms with Gasteiger partial charge < -0.3 is 5.32 Å². The third kappa shape index (κ3) is 5.70. The van der Waals surface area contributed by atoms with Crippen LogP contribution in [0.3, 0.4) is 0 Å². The van der Waals surface area contributed by atoms with E-state index in [-0.39, 0.29) is 5.41 Å². The smallest absolute Gasteiger partial charge is 0.211 e. The standard InChI is InChI=1S/C15H32N2O2S/c1-6-16-14(15(2,3)4)10-9-13-8-7-11-17(12-13)20(5,18)19/h13-14,16H,6-12H2,1-5H3. The lowest BCUT2D eigenvalue weighted by Gasteiger charge is -2.35. The van der Waals surface area contributed by atoms with Crippen LogP contribution in [0.15, 0.2) is 0 Å². The molecule has 1 heterocycles. The second-order valence-corrected chi connectivity index (χ2v) is 9.17. The molecule has 1 saturated heterocycles. The summed E-state index contributed by atoms with van der Waals surface area (Å²) >= 11 is 0. The van der Waals surface area contributed by atoms with E-state index in [1.165, 1.54) is 6.26 Å². The van der Waals surface area contributed by atoms with E-state index in [1.807, 2.05) is 0 Å². The molecule has 0 amide bonds. The molecule has 0 aliphatic carbocycles. The molecule has 0 aromatic rings. The predicted octanol–water partition coefficient (Wildman–Crippen LogP) is 2.46. The van der Waals surface area contributed by atoms with Crippen molar-refractivity contribution >= 4 is 10.0 Å². The third-order valence-corrected chi connectivity index (χ3v) is 5.58. The van der Waals surface area contributed by atoms with E-state index in [0.717, 1.165) is 32.2 Å². The first-order valence-corrected chi connectivity index (χ1v) is 9.68. The highest BCUT2D eigenvalue weighted by Gasteiger charge is 2.28. The fourth-order valence-electron chi connectivity index (χ4n) is 3.05. The third-order valence-electron chi connectivity index (χ3n) is 4.31. The molecule has 1 fully saturated rings. The molecule has 1 N–H and O–H groups in total. The molecule has 4 nitrogen and oxygen atoms in total. The highest BCUT2D eigenvalue weighted by atomic mass is 32.2. The number of rotatable bonds is 6. The van der Waals surface area contributed by atoms with Gasteiger partial charge in [-0.3, -0.25) is 0 Å². The van der Waals surface area contributed by atoms with Crippen molar-refractivity contribution < 1.29 is 8.42 Å². The van der Waals surface area contributed by atoms with E-state index in [4.69, 9.17) is 0 Å². The summed E-state index contributed by atoms with van der Waals surface area (Å²) in [6, 6.07) is 0.501. The Morgan fingerprint density at radius 2 is 2.00 bits per heavy atom. The monoisotopic (exact) mass is 304 g/mol. The van der Waals surface area contributed by atoms with Crippen LogP contribution < -0.4 is 5.32 Å². The minimum atomic E-state index is -3.02. The van der Waals surface area contributed by atoms with Crippen molar-refractivity contribution in [2.45, 2.75) is 59.4 Å². The molecule has 5 heteroatoms. The van der Waals surface area contributed by atoms with Crippen molar-refractivity contribution in [3.8, 4) is 0 Å². The summed E-state index contributed by atoms with van der Waals surface area (Å²) < 4.78 is 24.9. The molecule has 0 spiro atoms. The maximum Gasteiger partial charge on any atom is 0.211 e. The number of piperidine rings is 1. The zero-order valence-electron chi connectivity index (χ0n) is 13.8. The van der Waals surface area contributed by atoms with Crippen LogP contribution in [0.4, 0.5) is 0 Å². The minimum absolute atomic E-state index is 0.251. The second kappa shape index (κ2) is 7.23. The average Bonchev–Trinajstić information content (AvgIpc) is 2.32. The largest absolute Gasteiger partial charge is 0.314 e. The lowest BCUT2D eigenvalue weighted by atomic mass is 9.81. The second-order valence-electron chi connectivity index (χ2n) is 7.18. The quantitative estimate of drug-likeness (QED) is 0.820. The van der Waals surface area contributed by atoms with Crippen molar-refractivity contribution in [2.24, 2.45) is 11.3 Å². The van der Waals surface area contributed by atoms with E-state index in [0.29, 0.717) is 25.0 Å². The summed E-state index contributed by atoms with van der Waals surface area (Å²) in [4.78, 5) is 0. The van der Waals surface area contributed by atoms with Crippen LogP contribution in [0.1, 0.15) is 53.4 Å². The number of hydrogen-bond acceptors (Lipinski definition) is 3. The summed E-state index contributed by atoms with van der Waals surface area (Å²) in [5.41, 5.74) is 0.251. The van der Waals surface area contributed by atoms with Crippen molar-refractivity contribution in [3.05, 3.63) is 0 Å². The Morgan fingerprint density at radius 3 is 2.50 bits per heavy atom. The Hall–Kier alpha value is -0.130. The molecule has 1 aliphatic rings. The first kappa shape index (κ1) is 17.9. The summed E-state index contributed by atoms with van der Waals surface area (Å²) in [5.74, 6) is 0.516. The number of hydrogen-bond donors (Lipinski definition) is 1. The summed E-state index contributed by atoms with van der Waals surface area (Å²) in [5, 5.41) is 3.57. The zero-order chi connectivity index (χ0) is 15.4. The molecule has 0 radical (unpaired) electrons. The maximum atomic E-state index is 11.6. The fraction of sp³-hybridized carbons (Fsp3) is 1.00. The number of sulfonamides is 1. The lowest BCUT2D eigenvalue weighted by molar-refractivity contribution is 0.210. The Balaban J connectivity index is 2.51. The van der Waals surface area contributed by atoms with Gasteiger partial charge in [-0.25, -0.2) is 12.7 Å². The molecule has 120 valence electrons. The fourth-order valence-corrected chi connectivity index (χ4v) is 4.00. The predicted molar refractivity (Wildman–Crippen MR) is 85.3 cm³/mol. The molecule has 0 bridgehead atoms. The van der Waals surface area contributed by atoms with Crippen LogP contribution in [0.25, 0.3) is 0 Å². The van der Waals surface area contributed by atoms with Gasteiger partial charge in [0.2, 0.25) is 10.0 Å². The molecule has 20 heavy (non-hydrogen) atoms. The van der Waals surface area contributed by atoms with Crippen LogP contribution in [0, 0.1) is 11.3 Å². The first-order chi connectivity index (χ1) is 9.14. The minimum Gasteiger partial charge on any atom is -0.314 e. The lowest BCUT2D eigenvalue weighted by Crippen LogP contribution is -2.42. The molecule has 2 unspecified atom stereocenters. The van der Waals surface area contributed by atoms with Crippen molar-refractivity contribution in [1.82, 2.24) is 9.62 Å². The van der Waals surface area contributed by atoms with Crippen LogP contribution in [0.5, 0.6) is 0 Å². The summed E-state index contributed by atoms with van der Waals surface area (Å²) in [6.07, 6.45) is 5.72. The van der Waals surface area contributed by atoms with Crippen LogP contribution in [0.2, 0.25) is 0 Å². The van der Waals surface area contributed by atoms with Gasteiger partial charge in [0.1, 0.15) is 0 Å². The average molecular weight is 305 g/mol. The molecule has 1 rings (SSSR count). The zero-order valence-corrected chi connectivity index (χ0v) is 14.6. The van der Waals surface area contributed by atoms with Crippen molar-refractivity contribution in [2.75, 3.05) is 25.9 Å². The summed E-state index contributed by atoms with van der Waals surface area (Å²) in [6.45, 7) is 11.3. The van der Waals surface area contributed by atoms with Gasteiger partial charge in [0.05, 0.1) is 6.26 Å². The van der Waals surface area contributed by atoms with E-state index in [9.17, 15) is 8.42 Å². The van der Waals surface area contributed by atoms with Crippen molar-refractivity contribution in [1.29, 1.82) is 0 Å². The van der Waals surface area contributed by atoms with Gasteiger partial charge in [0, 0.05) is 19.1 Å². The van der Waals surface area contributed by atoms with Gasteiger partial charge in [0.15, 0.2) is 0 Å². The van der Waals surface area contributed by atoms with E-state index in [2.05, 4.69) is 33.0 Å². The van der Waals surface area contributed by atoms with Crippen molar-refractivity contribution in [3.63, 3.8) is 0 Å². The van der Waals surface area contributed by atoms with Gasteiger partial charge in [-0.2, -0.15) is 0 Å². The maximum absolute atomic E-state index is 11.6. The molecule has 2 atom stereocenters. The Morgan fingerprint density at radius 1 is 1.35 bits per heavy atom. The van der Waals surface area contributed by atoms with Gasteiger partial charge in [0.25, 0.3) is 0 Å². The molecule has 0 aromatic carbocycles. The van der Waals surface area contributed by atoms with Crippen LogP contribution in [-0.4, -0.2) is 44.7 Å². The van der Waals surface area contributed by atoms with E-state index < -0.39 is 10.0 Å². The summed E-state index contributed by atoms with van der Waals surface area (Å²) in [7, 11) is -3.02. The van der Waals surface area contributed by atoms with Crippen LogP contribution >= 0.6 is 0 Å². The molecular weight excluding hydrogens is 272 g/mol. The first-order valence-electron chi connectivity index (χ1n) is 7.83. The van der Waals surface area contributed by atoms with Crippen LogP contribution in [-0.2, 0) is 10.0 Å². The Bertz CT molecular complexity index is 387. The highest BCUT2D eigenvalue weighted by Crippen LogP contribution is 2.28. The van der Waals surface area contributed by atoms with E-state index >= 15 is 0 Å². The van der Waals surface area contributed by atoms with Gasteiger partial charge >= 0.3 is 0 Å². The Kier molecular flexibility index (Phi) is 6.48.